The summed E-state index contributed by atoms with van der Waals surface area (Å²) in [5, 5.41) is 0. The van der Waals surface area contributed by atoms with E-state index in [9.17, 15) is 0 Å². The molecule has 0 rings (SSSR count). The van der Waals surface area contributed by atoms with Crippen molar-refractivity contribution in [2.75, 3.05) is 0 Å². The molecular formula is C5H10ClRu-2. The van der Waals surface area contributed by atoms with Crippen LogP contribution in [0.1, 0.15) is 6.92 Å². The number of hydrogen-bond acceptors (Lipinski definition) is 0. The van der Waals surface area contributed by atoms with Gasteiger partial charge in [0.1, 0.15) is 0 Å². The monoisotopic (exact) mass is 207 g/mol. The fourth-order valence-corrected chi connectivity index (χ4v) is 0.685. The van der Waals surface area contributed by atoms with Gasteiger partial charge in [-0.05, 0) is 0 Å². The van der Waals surface area contributed by atoms with Crippen LogP contribution in [-0.4, -0.2) is 4.26 Å². The predicted molar refractivity (Wildman–Crippen MR) is 33.9 cm³/mol. The van der Waals surface area contributed by atoms with E-state index in [2.05, 4.69) is 4.26 Å². The summed E-state index contributed by atoms with van der Waals surface area (Å²) in [5.41, 5.74) is 0. The molecule has 0 unspecified atom stereocenters. The van der Waals surface area contributed by atoms with Crippen LogP contribution in [-0.2, 0) is 15.7 Å². The summed E-state index contributed by atoms with van der Waals surface area (Å²) in [6.45, 7) is 1.91. The summed E-state index contributed by atoms with van der Waals surface area (Å²) < 4.78 is 2.84. The van der Waals surface area contributed by atoms with Crippen LogP contribution in [0.25, 0.3) is 0 Å². The van der Waals surface area contributed by atoms with E-state index in [1.54, 1.807) is 0 Å². The van der Waals surface area contributed by atoms with Gasteiger partial charge in [0, 0.05) is 0 Å². The predicted octanol–water partition coefficient (Wildman–Crippen LogP) is 2.10. The van der Waals surface area contributed by atoms with E-state index in [1.165, 1.54) is 0 Å². The Morgan fingerprint density at radius 3 is 2.00 bits per heavy atom. The molecule has 0 bridgehead atoms. The normalized spacial score (nSPS) is 4.29. The molecule has 0 N–H and O–H groups in total. The van der Waals surface area contributed by atoms with Crippen molar-refractivity contribution in [3.63, 3.8) is 0 Å². The zero-order valence-corrected chi connectivity index (χ0v) is 7.30. The molecule has 0 heterocycles. The van der Waals surface area contributed by atoms with Gasteiger partial charge in [-0.15, -0.1) is 0 Å². The molecule has 2 heteroatoms. The molecule has 0 aliphatic rings. The topological polar surface area (TPSA) is 0 Å². The van der Waals surface area contributed by atoms with Crippen molar-refractivity contribution in [1.29, 1.82) is 0 Å². The molecular weight excluding hydrogens is 197 g/mol. The molecule has 0 spiro atoms. The van der Waals surface area contributed by atoms with Crippen molar-refractivity contribution in [3.8, 4) is 0 Å². The molecule has 0 amide bonds. The molecule has 0 saturated carbocycles. The van der Waals surface area contributed by atoms with E-state index < -0.39 is 0 Å². The third-order valence-electron chi connectivity index (χ3n) is 0.141. The fourth-order valence-electron chi connectivity index (χ4n) is 0.0386. The largest absolute Gasteiger partial charge is 0.358 e. The van der Waals surface area contributed by atoms with Crippen LogP contribution in [0, 0.1) is 14.9 Å². The second kappa shape index (κ2) is 16.0. The van der Waals surface area contributed by atoms with Crippen LogP contribution < -0.4 is 0 Å². The summed E-state index contributed by atoms with van der Waals surface area (Å²) >= 11 is -0.0921. The Bertz CT molecular complexity index is 56.5. The van der Waals surface area contributed by atoms with Crippen molar-refractivity contribution in [2.24, 2.45) is 0 Å². The van der Waals surface area contributed by atoms with Crippen LogP contribution in [0.4, 0.5) is 0 Å². The number of rotatable bonds is 0. The first-order chi connectivity index (χ1) is 2.41. The van der Waals surface area contributed by atoms with Gasteiger partial charge in [0.05, 0.1) is 0 Å². The van der Waals surface area contributed by atoms with Crippen LogP contribution in [0.3, 0.4) is 0 Å². The Morgan fingerprint density at radius 1 is 1.57 bits per heavy atom. The minimum Gasteiger partial charge on any atom is -0.358 e. The van der Waals surface area contributed by atoms with E-state index in [-0.39, 0.29) is 30.5 Å². The SMILES string of the molecule is CC=[C]=[Ru][Cl].[CH3-].[CH3-]. The van der Waals surface area contributed by atoms with Gasteiger partial charge in [-0.2, -0.15) is 0 Å². The Hall–Kier alpha value is 0.563. The summed E-state index contributed by atoms with van der Waals surface area (Å²) in [7, 11) is 5.25. The number of hydrogen-bond donors (Lipinski definition) is 0. The van der Waals surface area contributed by atoms with Gasteiger partial charge in [0.15, 0.2) is 0 Å². The summed E-state index contributed by atoms with van der Waals surface area (Å²) in [6.07, 6.45) is 1.84. The van der Waals surface area contributed by atoms with Gasteiger partial charge >= 0.3 is 42.6 Å². The standard InChI is InChI=1S/C3H4.2CH3.ClH.Ru/c1-3-2;;;;/h3H,1H3;2*1H3;1H;/q;2*-1;;+1/p-1. The van der Waals surface area contributed by atoms with E-state index in [0.29, 0.717) is 0 Å². The average Bonchev–Trinajstić information content (AvgIpc) is 1.41. The third-order valence-corrected chi connectivity index (χ3v) is 1.29. The smallest absolute Gasteiger partial charge is 0.358 e. The summed E-state index contributed by atoms with van der Waals surface area (Å²) in [6, 6.07) is 0. The molecule has 0 aliphatic carbocycles. The second-order valence-corrected chi connectivity index (χ2v) is 2.08. The average molecular weight is 207 g/mol. The molecule has 0 radical (unpaired) electrons. The summed E-state index contributed by atoms with van der Waals surface area (Å²) in [5.74, 6) is 0. The molecule has 0 atom stereocenters. The van der Waals surface area contributed by atoms with E-state index in [0.717, 1.165) is 0 Å². The molecule has 0 aromatic carbocycles. The Labute approximate surface area is 57.7 Å². The minimum absolute atomic E-state index is 0. The third kappa shape index (κ3) is 20.8. The second-order valence-electron chi connectivity index (χ2n) is 0.458. The minimum atomic E-state index is -0.0921. The first kappa shape index (κ1) is 15.6. The molecule has 0 fully saturated rings. The Kier molecular flexibility index (Phi) is 35.8. The maximum absolute atomic E-state index is 5.25. The Morgan fingerprint density at radius 2 is 2.00 bits per heavy atom. The first-order valence-electron chi connectivity index (χ1n) is 1.18. The molecule has 0 aromatic rings. The quantitative estimate of drug-likeness (QED) is 0.421. The maximum atomic E-state index is 5.25. The van der Waals surface area contributed by atoms with Crippen LogP contribution in [0.2, 0.25) is 0 Å². The molecule has 0 nitrogen and oxygen atoms in total. The van der Waals surface area contributed by atoms with E-state index in [4.69, 9.17) is 9.69 Å². The van der Waals surface area contributed by atoms with E-state index in [1.807, 2.05) is 13.0 Å². The molecule has 7 heavy (non-hydrogen) atoms. The van der Waals surface area contributed by atoms with Crippen molar-refractivity contribution in [2.45, 2.75) is 6.92 Å². The van der Waals surface area contributed by atoms with Gasteiger partial charge in [-0.1, -0.05) is 0 Å². The van der Waals surface area contributed by atoms with Crippen molar-refractivity contribution >= 4 is 14.0 Å². The van der Waals surface area contributed by atoms with Crippen molar-refractivity contribution in [3.05, 3.63) is 20.9 Å². The molecule has 47 valence electrons. The molecule has 0 aromatic heterocycles. The zero-order valence-electron chi connectivity index (χ0n) is 4.81. The van der Waals surface area contributed by atoms with Crippen molar-refractivity contribution < 1.29 is 15.7 Å². The molecule has 0 aliphatic heterocycles. The van der Waals surface area contributed by atoms with E-state index >= 15 is 0 Å². The van der Waals surface area contributed by atoms with Gasteiger partial charge < -0.3 is 14.9 Å². The van der Waals surface area contributed by atoms with Gasteiger partial charge in [-0.3, -0.25) is 0 Å². The van der Waals surface area contributed by atoms with Crippen LogP contribution >= 0.6 is 9.69 Å². The molecule has 0 saturated heterocycles. The van der Waals surface area contributed by atoms with Gasteiger partial charge in [0.25, 0.3) is 0 Å². The zero-order chi connectivity index (χ0) is 4.12. The van der Waals surface area contributed by atoms with Gasteiger partial charge in [0.2, 0.25) is 0 Å². The first-order valence-corrected chi connectivity index (χ1v) is 4.28. The maximum Gasteiger partial charge on any atom is -0.358 e. The Balaban J connectivity index is -0.0000000800. The van der Waals surface area contributed by atoms with Crippen molar-refractivity contribution in [1.82, 2.24) is 0 Å². The number of allylic oxidation sites excluding steroid dienone is 1. The van der Waals surface area contributed by atoms with Crippen LogP contribution in [0.15, 0.2) is 6.08 Å². The fraction of sp³-hybridized carbons (Fsp3) is 0.200. The van der Waals surface area contributed by atoms with Crippen LogP contribution in [0.5, 0.6) is 0 Å². The summed E-state index contributed by atoms with van der Waals surface area (Å²) in [4.78, 5) is 0. The number of halogens is 1. The van der Waals surface area contributed by atoms with Gasteiger partial charge in [-0.25, -0.2) is 0 Å².